The molecule has 1 aromatic carbocycles. The number of aryl methyl sites for hydroxylation is 1. The lowest BCUT2D eigenvalue weighted by atomic mass is 10.3. The molecule has 0 spiro atoms. The summed E-state index contributed by atoms with van der Waals surface area (Å²) < 4.78 is 42.5. The zero-order chi connectivity index (χ0) is 18.0. The van der Waals surface area contributed by atoms with E-state index in [1.807, 2.05) is 0 Å². The van der Waals surface area contributed by atoms with Gasteiger partial charge in [-0.05, 0) is 37.6 Å². The van der Waals surface area contributed by atoms with Gasteiger partial charge < -0.3 is 13.9 Å². The fraction of sp³-hybridized carbons (Fsp3) is 0.353. The first kappa shape index (κ1) is 17.5. The summed E-state index contributed by atoms with van der Waals surface area (Å²) in [5.41, 5.74) is -0.490. The molecule has 2 aromatic rings. The smallest absolute Gasteiger partial charge is 0.339 e. The molecule has 1 unspecified atom stereocenters. The molecule has 0 N–H and O–H groups in total. The number of rotatable bonds is 5. The van der Waals surface area contributed by atoms with E-state index in [0.717, 1.165) is 0 Å². The van der Waals surface area contributed by atoms with E-state index in [-0.39, 0.29) is 17.5 Å². The van der Waals surface area contributed by atoms with Crippen LogP contribution in [0.25, 0.3) is 0 Å². The second kappa shape index (κ2) is 6.89. The van der Waals surface area contributed by atoms with Gasteiger partial charge in [-0.25, -0.2) is 13.2 Å². The average molecular weight is 365 g/mol. The molecule has 1 aliphatic heterocycles. The van der Waals surface area contributed by atoms with Crippen molar-refractivity contribution in [2.24, 2.45) is 0 Å². The van der Waals surface area contributed by atoms with Gasteiger partial charge in [-0.3, -0.25) is 0 Å². The fourth-order valence-electron chi connectivity index (χ4n) is 2.75. The number of ether oxygens (including phenoxy) is 2. The van der Waals surface area contributed by atoms with Crippen LogP contribution in [-0.4, -0.2) is 39.0 Å². The standard InChI is InChI=1S/C17H19NO6S/c1-12-9-15(10-17(19)23-12)24-14-7-8-18(11-14)25(20,21)16-5-3-13(22-2)4-6-16/h3-6,9-10,14H,7-8,11H2,1-2H3. The quantitative estimate of drug-likeness (QED) is 0.803. The summed E-state index contributed by atoms with van der Waals surface area (Å²) in [5, 5.41) is 0. The molecule has 1 saturated heterocycles. The fourth-order valence-corrected chi connectivity index (χ4v) is 4.23. The number of sulfonamides is 1. The highest BCUT2D eigenvalue weighted by atomic mass is 32.2. The predicted octanol–water partition coefficient (Wildman–Crippen LogP) is 1.80. The predicted molar refractivity (Wildman–Crippen MR) is 90.5 cm³/mol. The molecule has 0 saturated carbocycles. The van der Waals surface area contributed by atoms with Crippen molar-refractivity contribution in [1.29, 1.82) is 0 Å². The molecule has 1 aromatic heterocycles. The maximum atomic E-state index is 12.7. The van der Waals surface area contributed by atoms with Crippen molar-refractivity contribution >= 4 is 10.0 Å². The van der Waals surface area contributed by atoms with Gasteiger partial charge in [0, 0.05) is 12.6 Å². The van der Waals surface area contributed by atoms with Crippen LogP contribution in [0.5, 0.6) is 11.5 Å². The first-order valence-corrected chi connectivity index (χ1v) is 9.25. The van der Waals surface area contributed by atoms with Crippen LogP contribution in [0, 0.1) is 6.92 Å². The van der Waals surface area contributed by atoms with E-state index in [9.17, 15) is 13.2 Å². The minimum Gasteiger partial charge on any atom is -0.497 e. The van der Waals surface area contributed by atoms with Crippen LogP contribution in [0.2, 0.25) is 0 Å². The maximum Gasteiger partial charge on any atom is 0.339 e. The minimum absolute atomic E-state index is 0.213. The van der Waals surface area contributed by atoms with Crippen LogP contribution in [0.1, 0.15) is 12.2 Å². The molecule has 0 radical (unpaired) electrons. The molecular weight excluding hydrogens is 346 g/mol. The van der Waals surface area contributed by atoms with Crippen molar-refractivity contribution in [2.45, 2.75) is 24.3 Å². The highest BCUT2D eigenvalue weighted by Crippen LogP contribution is 2.25. The summed E-state index contributed by atoms with van der Waals surface area (Å²) in [5.74, 6) is 1.44. The highest BCUT2D eigenvalue weighted by Gasteiger charge is 2.33. The Bertz CT molecular complexity index is 903. The Hall–Kier alpha value is -2.32. The van der Waals surface area contributed by atoms with E-state index >= 15 is 0 Å². The molecule has 2 heterocycles. The lowest BCUT2D eigenvalue weighted by molar-refractivity contribution is 0.213. The van der Waals surface area contributed by atoms with Crippen LogP contribution in [-0.2, 0) is 10.0 Å². The van der Waals surface area contributed by atoms with Crippen molar-refractivity contribution in [1.82, 2.24) is 4.31 Å². The summed E-state index contributed by atoms with van der Waals surface area (Å²) in [6.45, 7) is 2.25. The first-order chi connectivity index (χ1) is 11.9. The van der Waals surface area contributed by atoms with Gasteiger partial charge in [0.15, 0.2) is 0 Å². The Morgan fingerprint density at radius 3 is 2.52 bits per heavy atom. The molecule has 0 amide bonds. The van der Waals surface area contributed by atoms with Crippen LogP contribution in [0.3, 0.4) is 0 Å². The van der Waals surface area contributed by atoms with Crippen molar-refractivity contribution in [3.63, 3.8) is 0 Å². The number of methoxy groups -OCH3 is 1. The zero-order valence-corrected chi connectivity index (χ0v) is 14.8. The molecule has 1 aliphatic rings. The second-order valence-electron chi connectivity index (χ2n) is 5.79. The van der Waals surface area contributed by atoms with Gasteiger partial charge >= 0.3 is 5.63 Å². The van der Waals surface area contributed by atoms with Crippen molar-refractivity contribution in [3.05, 3.63) is 52.6 Å². The van der Waals surface area contributed by atoms with E-state index in [1.165, 1.54) is 29.6 Å². The normalized spacial score (nSPS) is 18.2. The van der Waals surface area contributed by atoms with Crippen LogP contribution < -0.4 is 15.1 Å². The maximum absolute atomic E-state index is 12.7. The lowest BCUT2D eigenvalue weighted by Gasteiger charge is -2.17. The van der Waals surface area contributed by atoms with Crippen molar-refractivity contribution < 1.29 is 22.3 Å². The molecule has 25 heavy (non-hydrogen) atoms. The summed E-state index contributed by atoms with van der Waals surface area (Å²) in [4.78, 5) is 11.6. The minimum atomic E-state index is -3.59. The number of nitrogens with zero attached hydrogens (tertiary/aromatic N) is 1. The number of hydrogen-bond donors (Lipinski definition) is 0. The molecule has 8 heteroatoms. The topological polar surface area (TPSA) is 86.1 Å². The Kier molecular flexibility index (Phi) is 4.82. The number of hydrogen-bond acceptors (Lipinski definition) is 6. The highest BCUT2D eigenvalue weighted by molar-refractivity contribution is 7.89. The van der Waals surface area contributed by atoms with Crippen molar-refractivity contribution in [2.75, 3.05) is 20.2 Å². The molecular formula is C17H19NO6S. The Balaban J connectivity index is 1.71. The molecule has 134 valence electrons. The molecule has 1 atom stereocenters. The van der Waals surface area contributed by atoms with E-state index in [4.69, 9.17) is 13.9 Å². The zero-order valence-electron chi connectivity index (χ0n) is 14.0. The lowest BCUT2D eigenvalue weighted by Crippen LogP contribution is -2.31. The van der Waals surface area contributed by atoms with E-state index < -0.39 is 15.6 Å². The van der Waals surface area contributed by atoms with Gasteiger partial charge in [-0.15, -0.1) is 0 Å². The van der Waals surface area contributed by atoms with E-state index in [1.54, 1.807) is 25.1 Å². The third-order valence-electron chi connectivity index (χ3n) is 3.97. The molecule has 0 bridgehead atoms. The van der Waals surface area contributed by atoms with Gasteiger partial charge in [0.1, 0.15) is 23.4 Å². The van der Waals surface area contributed by atoms with Crippen molar-refractivity contribution in [3.8, 4) is 11.5 Å². The number of benzene rings is 1. The Labute approximate surface area is 145 Å². The summed E-state index contributed by atoms with van der Waals surface area (Å²) in [6, 6.07) is 9.14. The molecule has 1 fully saturated rings. The van der Waals surface area contributed by atoms with Gasteiger partial charge in [0.2, 0.25) is 10.0 Å². The molecule has 7 nitrogen and oxygen atoms in total. The summed E-state index contributed by atoms with van der Waals surface area (Å²) in [7, 11) is -2.06. The average Bonchev–Trinajstić information content (AvgIpc) is 3.03. The molecule has 0 aliphatic carbocycles. The monoisotopic (exact) mass is 365 g/mol. The second-order valence-corrected chi connectivity index (χ2v) is 7.73. The van der Waals surface area contributed by atoms with E-state index in [0.29, 0.717) is 30.2 Å². The third kappa shape index (κ3) is 3.85. The van der Waals surface area contributed by atoms with Gasteiger partial charge in [0.05, 0.1) is 24.6 Å². The Morgan fingerprint density at radius 2 is 1.88 bits per heavy atom. The van der Waals surface area contributed by atoms with Gasteiger partial charge in [-0.2, -0.15) is 4.31 Å². The van der Waals surface area contributed by atoms with Gasteiger partial charge in [0.25, 0.3) is 0 Å². The van der Waals surface area contributed by atoms with Gasteiger partial charge in [-0.1, -0.05) is 0 Å². The SMILES string of the molecule is COc1ccc(S(=O)(=O)N2CCC(Oc3cc(C)oc(=O)c3)C2)cc1. The Morgan fingerprint density at radius 1 is 1.16 bits per heavy atom. The van der Waals surface area contributed by atoms with Crippen LogP contribution in [0.4, 0.5) is 0 Å². The largest absolute Gasteiger partial charge is 0.497 e. The van der Waals surface area contributed by atoms with Crippen LogP contribution in [0.15, 0.2) is 50.5 Å². The summed E-state index contributed by atoms with van der Waals surface area (Å²) >= 11 is 0. The third-order valence-corrected chi connectivity index (χ3v) is 5.85. The van der Waals surface area contributed by atoms with Crippen LogP contribution >= 0.6 is 0 Å². The van der Waals surface area contributed by atoms with E-state index in [2.05, 4.69) is 0 Å². The first-order valence-electron chi connectivity index (χ1n) is 7.81. The summed E-state index contributed by atoms with van der Waals surface area (Å²) in [6.07, 6.45) is 0.239. The molecule has 3 rings (SSSR count).